The lowest BCUT2D eigenvalue weighted by molar-refractivity contribution is 0.00319. The Labute approximate surface area is 146 Å². The van der Waals surface area contributed by atoms with Gasteiger partial charge >= 0.3 is 6.09 Å². The summed E-state index contributed by atoms with van der Waals surface area (Å²) in [5.41, 5.74) is 2.08. The van der Waals surface area contributed by atoms with Gasteiger partial charge in [-0.1, -0.05) is 13.3 Å². The van der Waals surface area contributed by atoms with Crippen molar-refractivity contribution in [2.45, 2.75) is 58.1 Å². The molecule has 24 heavy (non-hydrogen) atoms. The predicted molar refractivity (Wildman–Crippen MR) is 92.3 cm³/mol. The van der Waals surface area contributed by atoms with E-state index in [1.54, 1.807) is 5.51 Å². The number of aryl methyl sites for hydroxylation is 1. The summed E-state index contributed by atoms with van der Waals surface area (Å²) in [5, 5.41) is 0. The van der Waals surface area contributed by atoms with Crippen LogP contribution >= 0.6 is 11.3 Å². The van der Waals surface area contributed by atoms with Crippen LogP contribution in [0.25, 0.3) is 0 Å². The zero-order valence-corrected chi connectivity index (χ0v) is 15.4. The van der Waals surface area contributed by atoms with Gasteiger partial charge in [-0.15, -0.1) is 11.3 Å². The highest BCUT2D eigenvalue weighted by Gasteiger charge is 2.48. The van der Waals surface area contributed by atoms with E-state index in [4.69, 9.17) is 4.74 Å². The Balaban J connectivity index is 1.62. The molecule has 2 aliphatic heterocycles. The zero-order valence-electron chi connectivity index (χ0n) is 14.6. The van der Waals surface area contributed by atoms with Gasteiger partial charge in [0.05, 0.1) is 17.7 Å². The normalized spacial score (nSPS) is 21.2. The van der Waals surface area contributed by atoms with Crippen LogP contribution in [-0.4, -0.2) is 58.1 Å². The fourth-order valence-electron chi connectivity index (χ4n) is 3.59. The molecule has 0 unspecified atom stereocenters. The van der Waals surface area contributed by atoms with Crippen LogP contribution < -0.4 is 0 Å². The number of carbonyl (C=O) groups excluding carboxylic acids is 2. The number of nitrogens with zero attached hydrogens (tertiary/aromatic N) is 3. The van der Waals surface area contributed by atoms with Gasteiger partial charge in [-0.05, 0) is 20.3 Å². The van der Waals surface area contributed by atoms with Crippen molar-refractivity contribution in [3.8, 4) is 0 Å². The first-order valence-corrected chi connectivity index (χ1v) is 9.53. The largest absolute Gasteiger partial charge is 0.441 e. The summed E-state index contributed by atoms with van der Waals surface area (Å²) in [6.07, 6.45) is 3.25. The number of hydrogen-bond acceptors (Lipinski definition) is 5. The highest BCUT2D eigenvalue weighted by atomic mass is 32.1. The SMILES string of the molecule is CCC[C@H](C)N1CC2(CCN(C(=O)c3scnc3C)CC2)OC1=O. The standard InChI is InChI=1S/C17H25N3O3S/c1-4-5-12(2)20-10-17(23-16(20)22)6-8-19(9-7-17)15(21)14-13(3)18-11-24-14/h11-12H,4-10H2,1-3H3/t12-/m0/s1. The van der Waals surface area contributed by atoms with E-state index in [1.165, 1.54) is 11.3 Å². The van der Waals surface area contributed by atoms with Crippen molar-refractivity contribution >= 4 is 23.3 Å². The number of aromatic nitrogens is 1. The van der Waals surface area contributed by atoms with Gasteiger partial charge in [-0.25, -0.2) is 9.78 Å². The molecule has 0 aromatic carbocycles. The van der Waals surface area contributed by atoms with Gasteiger partial charge in [0.25, 0.3) is 5.91 Å². The molecule has 0 aliphatic carbocycles. The molecule has 3 rings (SSSR count). The minimum Gasteiger partial charge on any atom is -0.441 e. The summed E-state index contributed by atoms with van der Waals surface area (Å²) in [6.45, 7) is 7.96. The molecule has 2 saturated heterocycles. The van der Waals surface area contributed by atoms with Crippen LogP contribution in [0.2, 0.25) is 0 Å². The second-order valence-corrected chi connectivity index (χ2v) is 7.73. The van der Waals surface area contributed by atoms with Crippen LogP contribution in [-0.2, 0) is 4.74 Å². The maximum absolute atomic E-state index is 12.6. The molecule has 2 amide bonds. The van der Waals surface area contributed by atoms with E-state index in [0.717, 1.165) is 18.5 Å². The molecule has 1 aromatic rings. The predicted octanol–water partition coefficient (Wildman–Crippen LogP) is 3.07. The van der Waals surface area contributed by atoms with Crippen LogP contribution in [0.5, 0.6) is 0 Å². The van der Waals surface area contributed by atoms with Gasteiger partial charge in [0.1, 0.15) is 10.5 Å². The summed E-state index contributed by atoms with van der Waals surface area (Å²) in [5.74, 6) is 0.0466. The fourth-order valence-corrected chi connectivity index (χ4v) is 4.36. The highest BCUT2D eigenvalue weighted by Crippen LogP contribution is 2.35. The van der Waals surface area contributed by atoms with E-state index in [-0.39, 0.29) is 18.0 Å². The number of piperidine rings is 1. The first-order chi connectivity index (χ1) is 11.5. The third-order valence-corrected chi connectivity index (χ3v) is 6.05. The van der Waals surface area contributed by atoms with Gasteiger partial charge < -0.3 is 14.5 Å². The minimum atomic E-state index is -0.418. The molecule has 3 heterocycles. The second kappa shape index (κ2) is 6.70. The molecule has 6 nitrogen and oxygen atoms in total. The Kier molecular flexibility index (Phi) is 4.80. The van der Waals surface area contributed by atoms with Crippen LogP contribution in [0.3, 0.4) is 0 Å². The average Bonchev–Trinajstić information content (AvgIpc) is 3.11. The van der Waals surface area contributed by atoms with Crippen molar-refractivity contribution in [2.75, 3.05) is 19.6 Å². The number of likely N-dealkylation sites (tertiary alicyclic amines) is 1. The van der Waals surface area contributed by atoms with Crippen LogP contribution in [0.1, 0.15) is 54.9 Å². The van der Waals surface area contributed by atoms with Crippen LogP contribution in [0, 0.1) is 6.92 Å². The number of hydrogen-bond donors (Lipinski definition) is 0. The van der Waals surface area contributed by atoms with Crippen molar-refractivity contribution in [1.29, 1.82) is 0 Å². The van der Waals surface area contributed by atoms with Crippen LogP contribution in [0.4, 0.5) is 4.79 Å². The molecule has 0 bridgehead atoms. The summed E-state index contributed by atoms with van der Waals surface area (Å²) in [4.78, 5) is 33.4. The van der Waals surface area contributed by atoms with Gasteiger partial charge in [0.2, 0.25) is 0 Å². The van der Waals surface area contributed by atoms with E-state index in [0.29, 0.717) is 37.4 Å². The van der Waals surface area contributed by atoms with Crippen molar-refractivity contribution < 1.29 is 14.3 Å². The number of carbonyl (C=O) groups is 2. The van der Waals surface area contributed by atoms with Crippen molar-refractivity contribution in [1.82, 2.24) is 14.8 Å². The zero-order chi connectivity index (χ0) is 17.3. The van der Waals surface area contributed by atoms with E-state index in [2.05, 4.69) is 18.8 Å². The van der Waals surface area contributed by atoms with Gasteiger partial charge in [-0.3, -0.25) is 4.79 Å². The molecule has 7 heteroatoms. The molecule has 0 N–H and O–H groups in total. The summed E-state index contributed by atoms with van der Waals surface area (Å²) >= 11 is 1.39. The van der Waals surface area contributed by atoms with E-state index >= 15 is 0 Å². The third kappa shape index (κ3) is 3.14. The van der Waals surface area contributed by atoms with Crippen molar-refractivity contribution in [3.63, 3.8) is 0 Å². The average molecular weight is 351 g/mol. The maximum Gasteiger partial charge on any atom is 0.410 e. The molecule has 132 valence electrons. The first kappa shape index (κ1) is 17.2. The Morgan fingerprint density at radius 1 is 1.46 bits per heavy atom. The Morgan fingerprint density at radius 3 is 2.75 bits per heavy atom. The summed E-state index contributed by atoms with van der Waals surface area (Å²) in [6, 6.07) is 0.210. The van der Waals surface area contributed by atoms with Gasteiger partial charge in [0.15, 0.2) is 0 Å². The molecular weight excluding hydrogens is 326 g/mol. The lowest BCUT2D eigenvalue weighted by atomic mass is 9.91. The quantitative estimate of drug-likeness (QED) is 0.836. The summed E-state index contributed by atoms with van der Waals surface area (Å²) < 4.78 is 5.75. The molecule has 0 radical (unpaired) electrons. The Bertz CT molecular complexity index is 622. The second-order valence-electron chi connectivity index (χ2n) is 6.88. The summed E-state index contributed by atoms with van der Waals surface area (Å²) in [7, 11) is 0. The monoisotopic (exact) mass is 351 g/mol. The molecule has 1 atom stereocenters. The van der Waals surface area contributed by atoms with Gasteiger partial charge in [-0.2, -0.15) is 0 Å². The van der Waals surface area contributed by atoms with E-state index < -0.39 is 5.60 Å². The lowest BCUT2D eigenvalue weighted by Crippen LogP contribution is -2.49. The number of thiazole rings is 1. The molecule has 1 spiro atoms. The maximum atomic E-state index is 12.6. The number of amides is 2. The van der Waals surface area contributed by atoms with Crippen molar-refractivity contribution in [3.05, 3.63) is 16.1 Å². The molecule has 2 aliphatic rings. The topological polar surface area (TPSA) is 62.7 Å². The fraction of sp³-hybridized carbons (Fsp3) is 0.706. The Morgan fingerprint density at radius 2 is 2.17 bits per heavy atom. The van der Waals surface area contributed by atoms with Gasteiger partial charge in [0, 0.05) is 32.0 Å². The molecule has 2 fully saturated rings. The third-order valence-electron chi connectivity index (χ3n) is 5.14. The van der Waals surface area contributed by atoms with Crippen molar-refractivity contribution in [2.24, 2.45) is 0 Å². The molecule has 0 saturated carbocycles. The first-order valence-electron chi connectivity index (χ1n) is 8.65. The molecular formula is C17H25N3O3S. The molecule has 1 aromatic heterocycles. The number of ether oxygens (including phenoxy) is 1. The Hall–Kier alpha value is -1.63. The van der Waals surface area contributed by atoms with Crippen LogP contribution in [0.15, 0.2) is 5.51 Å². The minimum absolute atomic E-state index is 0.0466. The highest BCUT2D eigenvalue weighted by molar-refractivity contribution is 7.11. The van der Waals surface area contributed by atoms with E-state index in [1.807, 2.05) is 16.7 Å². The smallest absolute Gasteiger partial charge is 0.410 e. The lowest BCUT2D eigenvalue weighted by Gasteiger charge is -2.37. The van der Waals surface area contributed by atoms with E-state index in [9.17, 15) is 9.59 Å². The number of rotatable bonds is 4.